The van der Waals surface area contributed by atoms with Crippen LogP contribution in [0.4, 0.5) is 11.4 Å². The summed E-state index contributed by atoms with van der Waals surface area (Å²) in [7, 11) is 5.45. The molecular weight excluding hydrogens is 346 g/mol. The number of nitrogens with one attached hydrogen (secondary N) is 2. The third-order valence-electron chi connectivity index (χ3n) is 3.28. The Morgan fingerprint density at radius 3 is 2.38 bits per heavy atom. The van der Waals surface area contributed by atoms with E-state index in [1.54, 1.807) is 12.1 Å². The summed E-state index contributed by atoms with van der Waals surface area (Å²) in [4.78, 5) is 14.2. The first-order valence-corrected chi connectivity index (χ1v) is 7.92. The van der Waals surface area contributed by atoms with E-state index in [1.807, 2.05) is 43.3 Å². The van der Waals surface area contributed by atoms with Gasteiger partial charge in [-0.25, -0.2) is 0 Å². The lowest BCUT2D eigenvalue weighted by Gasteiger charge is -2.14. The number of hydrogen-bond acceptors (Lipinski definition) is 4. The topological polar surface area (TPSA) is 53.6 Å². The van der Waals surface area contributed by atoms with Gasteiger partial charge in [0.1, 0.15) is 5.75 Å². The van der Waals surface area contributed by atoms with Crippen LogP contribution in [0.2, 0.25) is 5.02 Å². The molecule has 0 aliphatic heterocycles. The maximum Gasteiger partial charge on any atom is 0.257 e. The molecule has 5 nitrogen and oxygen atoms in total. The molecule has 126 valence electrons. The van der Waals surface area contributed by atoms with E-state index in [1.165, 1.54) is 13.2 Å². The molecule has 1 amide bonds. The summed E-state index contributed by atoms with van der Waals surface area (Å²) in [6, 6.07) is 12.5. The number of halogens is 1. The number of amides is 1. The van der Waals surface area contributed by atoms with Gasteiger partial charge in [0.05, 0.1) is 12.1 Å². The van der Waals surface area contributed by atoms with Crippen molar-refractivity contribution in [3.05, 3.63) is 53.1 Å². The van der Waals surface area contributed by atoms with Crippen LogP contribution in [0.3, 0.4) is 0 Å². The van der Waals surface area contributed by atoms with Crippen LogP contribution < -0.4 is 20.3 Å². The minimum absolute atomic E-state index is 0.213. The minimum atomic E-state index is -0.345. The Labute approximate surface area is 151 Å². The Kier molecular flexibility index (Phi) is 6.00. The molecule has 0 unspecified atom stereocenters. The Morgan fingerprint density at radius 1 is 1.17 bits per heavy atom. The largest absolute Gasteiger partial charge is 0.495 e. The zero-order valence-electron chi connectivity index (χ0n) is 13.6. The van der Waals surface area contributed by atoms with Crippen LogP contribution >= 0.6 is 23.8 Å². The molecule has 0 fully saturated rings. The summed E-state index contributed by atoms with van der Waals surface area (Å²) in [6.07, 6.45) is 0. The van der Waals surface area contributed by atoms with Crippen molar-refractivity contribution in [2.24, 2.45) is 0 Å². The molecule has 2 N–H and O–H groups in total. The van der Waals surface area contributed by atoms with Gasteiger partial charge in [-0.2, -0.15) is 0 Å². The van der Waals surface area contributed by atoms with Crippen LogP contribution in [0.5, 0.6) is 5.75 Å². The summed E-state index contributed by atoms with van der Waals surface area (Å²) < 4.78 is 5.06. The predicted molar refractivity (Wildman–Crippen MR) is 102 cm³/mol. The predicted octanol–water partition coefficient (Wildman–Crippen LogP) is 3.54. The smallest absolute Gasteiger partial charge is 0.257 e. The van der Waals surface area contributed by atoms with E-state index in [9.17, 15) is 4.79 Å². The Balaban J connectivity index is 1.98. The third kappa shape index (κ3) is 4.59. The molecule has 0 saturated heterocycles. The molecule has 0 bridgehead atoms. The molecule has 0 radical (unpaired) electrons. The number of thiocarbonyl (C=S) groups is 1. The highest BCUT2D eigenvalue weighted by Gasteiger charge is 2.11. The first-order chi connectivity index (χ1) is 11.4. The molecule has 2 rings (SSSR count). The number of carbonyl (C=O) groups excluding carboxylic acids is 1. The lowest BCUT2D eigenvalue weighted by molar-refractivity contribution is 0.0977. The van der Waals surface area contributed by atoms with Crippen molar-refractivity contribution in [3.8, 4) is 5.75 Å². The van der Waals surface area contributed by atoms with Gasteiger partial charge >= 0.3 is 0 Å². The number of rotatable bonds is 4. The van der Waals surface area contributed by atoms with E-state index in [2.05, 4.69) is 10.6 Å². The average molecular weight is 364 g/mol. The van der Waals surface area contributed by atoms with Crippen molar-refractivity contribution in [3.63, 3.8) is 0 Å². The van der Waals surface area contributed by atoms with Gasteiger partial charge in [0.2, 0.25) is 0 Å². The second-order valence-corrected chi connectivity index (χ2v) is 6.01. The van der Waals surface area contributed by atoms with Gasteiger partial charge in [-0.05, 0) is 54.7 Å². The molecular formula is C17H18ClN3O2S. The summed E-state index contributed by atoms with van der Waals surface area (Å²) in [5.74, 6) is 0.164. The molecule has 24 heavy (non-hydrogen) atoms. The fraction of sp³-hybridized carbons (Fsp3) is 0.176. The highest BCUT2D eigenvalue weighted by molar-refractivity contribution is 7.80. The first-order valence-electron chi connectivity index (χ1n) is 7.14. The van der Waals surface area contributed by atoms with Gasteiger partial charge in [0.15, 0.2) is 5.11 Å². The van der Waals surface area contributed by atoms with E-state index < -0.39 is 0 Å². The van der Waals surface area contributed by atoms with Crippen LogP contribution in [0.15, 0.2) is 42.5 Å². The normalized spacial score (nSPS) is 10.0. The Bertz CT molecular complexity index is 748. The van der Waals surface area contributed by atoms with Gasteiger partial charge in [-0.3, -0.25) is 10.1 Å². The maximum atomic E-state index is 12.2. The van der Waals surface area contributed by atoms with Crippen molar-refractivity contribution in [1.82, 2.24) is 5.32 Å². The van der Waals surface area contributed by atoms with Gasteiger partial charge in [0.25, 0.3) is 5.91 Å². The van der Waals surface area contributed by atoms with Crippen LogP contribution in [-0.4, -0.2) is 32.2 Å². The number of methoxy groups -OCH3 is 1. The van der Waals surface area contributed by atoms with E-state index in [4.69, 9.17) is 28.6 Å². The van der Waals surface area contributed by atoms with Crippen molar-refractivity contribution < 1.29 is 9.53 Å². The van der Waals surface area contributed by atoms with Gasteiger partial charge in [0, 0.05) is 31.0 Å². The molecule has 2 aromatic carbocycles. The van der Waals surface area contributed by atoms with Crippen LogP contribution in [0, 0.1) is 0 Å². The second-order valence-electron chi connectivity index (χ2n) is 5.20. The number of carbonyl (C=O) groups is 1. The number of nitrogens with zero attached hydrogens (tertiary/aromatic N) is 1. The Hall–Kier alpha value is -2.31. The zero-order valence-corrected chi connectivity index (χ0v) is 15.2. The molecule has 2 aromatic rings. The van der Waals surface area contributed by atoms with E-state index in [0.717, 1.165) is 11.4 Å². The van der Waals surface area contributed by atoms with Gasteiger partial charge in [-0.1, -0.05) is 11.6 Å². The van der Waals surface area contributed by atoms with Gasteiger partial charge < -0.3 is 15.0 Å². The zero-order chi connectivity index (χ0) is 17.7. The summed E-state index contributed by atoms with van der Waals surface area (Å²) in [6.45, 7) is 0. The quantitative estimate of drug-likeness (QED) is 0.814. The highest BCUT2D eigenvalue weighted by atomic mass is 35.5. The molecule has 0 atom stereocenters. The van der Waals surface area contributed by atoms with Crippen molar-refractivity contribution in [2.75, 3.05) is 31.4 Å². The van der Waals surface area contributed by atoms with Crippen LogP contribution in [0.1, 0.15) is 10.4 Å². The molecule has 0 heterocycles. The SMILES string of the molecule is COc1ccc(C(=O)NC(=S)Nc2ccc(N(C)C)cc2)cc1Cl. The standard InChI is InChI=1S/C17H18ClN3O2S/c1-21(2)13-7-5-12(6-8-13)19-17(24)20-16(22)11-4-9-15(23-3)14(18)10-11/h4-10H,1-3H3,(H2,19,20,22,24). The molecule has 7 heteroatoms. The average Bonchev–Trinajstić information content (AvgIpc) is 2.55. The third-order valence-corrected chi connectivity index (χ3v) is 3.78. The second kappa shape index (κ2) is 7.99. The van der Waals surface area contributed by atoms with Crippen molar-refractivity contribution in [2.45, 2.75) is 0 Å². The van der Waals surface area contributed by atoms with Crippen molar-refractivity contribution in [1.29, 1.82) is 0 Å². The number of ether oxygens (including phenoxy) is 1. The van der Waals surface area contributed by atoms with Crippen LogP contribution in [-0.2, 0) is 0 Å². The number of benzene rings is 2. The summed E-state index contributed by atoms with van der Waals surface area (Å²) >= 11 is 11.2. The van der Waals surface area contributed by atoms with Crippen LogP contribution in [0.25, 0.3) is 0 Å². The molecule has 0 aliphatic rings. The number of anilines is 2. The highest BCUT2D eigenvalue weighted by Crippen LogP contribution is 2.24. The summed E-state index contributed by atoms with van der Waals surface area (Å²) in [5.41, 5.74) is 2.26. The van der Waals surface area contributed by atoms with Gasteiger partial charge in [-0.15, -0.1) is 0 Å². The fourth-order valence-corrected chi connectivity index (χ4v) is 2.46. The summed E-state index contributed by atoms with van der Waals surface area (Å²) in [5, 5.41) is 6.16. The van der Waals surface area contributed by atoms with Crippen molar-refractivity contribution >= 4 is 46.2 Å². The first kappa shape index (κ1) is 18.0. The van der Waals surface area contributed by atoms with E-state index in [-0.39, 0.29) is 11.0 Å². The fourth-order valence-electron chi connectivity index (χ4n) is 1.99. The number of hydrogen-bond donors (Lipinski definition) is 2. The Morgan fingerprint density at radius 2 is 1.83 bits per heavy atom. The monoisotopic (exact) mass is 363 g/mol. The lowest BCUT2D eigenvalue weighted by Crippen LogP contribution is -2.34. The molecule has 0 spiro atoms. The lowest BCUT2D eigenvalue weighted by atomic mass is 10.2. The van der Waals surface area contributed by atoms with E-state index >= 15 is 0 Å². The molecule has 0 aliphatic carbocycles. The molecule has 0 aromatic heterocycles. The molecule has 0 saturated carbocycles. The maximum absolute atomic E-state index is 12.2. The van der Waals surface area contributed by atoms with E-state index in [0.29, 0.717) is 16.3 Å². The minimum Gasteiger partial charge on any atom is -0.495 e.